The van der Waals surface area contributed by atoms with E-state index < -0.39 is 6.85 Å². The molecule has 1 aromatic heterocycles. The second-order valence-electron chi connectivity index (χ2n) is 20.6. The number of hydrogen-bond donors (Lipinski definition) is 0. The van der Waals surface area contributed by atoms with Crippen molar-refractivity contribution in [1.82, 2.24) is 0 Å². The first-order chi connectivity index (χ1) is 27.4. The Morgan fingerprint density at radius 2 is 1.21 bits per heavy atom. The van der Waals surface area contributed by atoms with Crippen LogP contribution >= 0.6 is 0 Å². The highest BCUT2D eigenvalue weighted by Gasteiger charge is 2.49. The van der Waals surface area contributed by atoms with Gasteiger partial charge in [0.1, 0.15) is 5.58 Å². The molecule has 6 aromatic rings. The van der Waals surface area contributed by atoms with Gasteiger partial charge in [0.15, 0.2) is 0 Å². The molecule has 0 atom stereocenters. The van der Waals surface area contributed by atoms with Gasteiger partial charge in [-0.25, -0.2) is 0 Å². The Morgan fingerprint density at radius 3 is 1.80 bits per heavy atom. The molecule has 3 aliphatic rings. The molecule has 2 aliphatic heterocycles. The van der Waals surface area contributed by atoms with Gasteiger partial charge in [0.25, 0.3) is 6.71 Å². The summed E-state index contributed by atoms with van der Waals surface area (Å²) in [7, 11) is 0. The average Bonchev–Trinajstić information content (AvgIpc) is 3.51. The lowest BCUT2D eigenvalue weighted by Crippen LogP contribution is -2.61. The number of benzene rings is 5. The van der Waals surface area contributed by atoms with Crippen molar-refractivity contribution < 1.29 is 8.53 Å². The Kier molecular flexibility index (Phi) is 7.12. The van der Waals surface area contributed by atoms with E-state index in [-0.39, 0.29) is 33.9 Å². The van der Waals surface area contributed by atoms with Crippen LogP contribution in [0.15, 0.2) is 83.3 Å². The van der Waals surface area contributed by atoms with Gasteiger partial charge in [-0.15, -0.1) is 0 Å². The fourth-order valence-electron chi connectivity index (χ4n) is 10.0. The van der Waals surface area contributed by atoms with Crippen LogP contribution in [-0.2, 0) is 21.7 Å². The topological polar surface area (TPSA) is 19.6 Å². The summed E-state index contributed by atoms with van der Waals surface area (Å²) in [6.45, 7) is 27.6. The zero-order valence-electron chi connectivity index (χ0n) is 38.8. The summed E-state index contributed by atoms with van der Waals surface area (Å²) < 4.78 is 32.1. The van der Waals surface area contributed by atoms with E-state index in [0.29, 0.717) is 5.58 Å². The van der Waals surface area contributed by atoms with E-state index in [1.54, 1.807) is 12.1 Å². The summed E-state index contributed by atoms with van der Waals surface area (Å²) >= 11 is 0. The number of aryl methyl sites for hydroxylation is 4. The summed E-state index contributed by atoms with van der Waals surface area (Å²) in [5, 5.41) is 0.912. The van der Waals surface area contributed by atoms with E-state index in [0.717, 1.165) is 46.6 Å². The lowest BCUT2D eigenvalue weighted by Gasteiger charge is -2.47. The molecule has 4 heteroatoms. The van der Waals surface area contributed by atoms with Crippen molar-refractivity contribution in [2.24, 2.45) is 0 Å². The first-order valence-corrected chi connectivity index (χ1v) is 20.6. The van der Waals surface area contributed by atoms with Gasteiger partial charge in [-0.05, 0) is 160 Å². The van der Waals surface area contributed by atoms with Gasteiger partial charge in [-0.3, -0.25) is 0 Å². The largest absolute Gasteiger partial charge is 0.468 e. The lowest BCUT2D eigenvalue weighted by molar-refractivity contribution is 0.332. The Morgan fingerprint density at radius 1 is 0.625 bits per heavy atom. The number of anilines is 6. The zero-order valence-corrected chi connectivity index (χ0v) is 35.8. The van der Waals surface area contributed by atoms with E-state index in [1.165, 1.54) is 61.2 Å². The van der Waals surface area contributed by atoms with E-state index in [1.807, 2.05) is 6.07 Å². The van der Waals surface area contributed by atoms with Crippen molar-refractivity contribution in [2.45, 2.75) is 131 Å². The molecular formula is C52H59BN2O. The van der Waals surface area contributed by atoms with Crippen LogP contribution in [-0.4, -0.2) is 6.71 Å². The van der Waals surface area contributed by atoms with Crippen molar-refractivity contribution in [3.05, 3.63) is 123 Å². The molecule has 0 unspecified atom stereocenters. The number of fused-ring (bicyclic) bond motifs is 7. The summed E-state index contributed by atoms with van der Waals surface area (Å²) in [5.41, 5.74) is 20.0. The quantitative estimate of drug-likeness (QED) is 0.165. The lowest BCUT2D eigenvalue weighted by atomic mass is 9.35. The molecule has 0 fully saturated rings. The minimum absolute atomic E-state index is 0.00254. The predicted molar refractivity (Wildman–Crippen MR) is 242 cm³/mol. The Labute approximate surface area is 340 Å². The average molecular weight is 742 g/mol. The zero-order chi connectivity index (χ0) is 42.5. The molecule has 0 spiro atoms. The molecule has 0 radical (unpaired) electrons. The van der Waals surface area contributed by atoms with Gasteiger partial charge in [0, 0.05) is 32.2 Å². The van der Waals surface area contributed by atoms with E-state index in [2.05, 4.69) is 160 Å². The van der Waals surface area contributed by atoms with Crippen molar-refractivity contribution in [2.75, 3.05) is 9.80 Å². The van der Waals surface area contributed by atoms with Gasteiger partial charge in [0.05, 0.1) is 17.0 Å². The highest BCUT2D eigenvalue weighted by molar-refractivity contribution is 7.00. The number of furan rings is 1. The maximum atomic E-state index is 8.31. The maximum absolute atomic E-state index is 8.31. The van der Waals surface area contributed by atoms with Gasteiger partial charge >= 0.3 is 0 Å². The van der Waals surface area contributed by atoms with Crippen molar-refractivity contribution >= 4 is 68.4 Å². The monoisotopic (exact) mass is 741 g/mol. The standard InChI is InChI=1S/C52H59BN2O/c1-30-15-20-37-44(25-30)56-48-47(37)54(36-18-16-34(17-19-36)49(5,6)7)42-23-31(2)24-43-45(42)53(48)40-28-38-39(52(13,14)22-21-51(38,11)12)29-41(40)55(43)46-32(3)26-35(27-33(46)4)50(8,9)10/h15-20,23-29H,21-22H2,1-14H3/i1D3. The van der Waals surface area contributed by atoms with Crippen molar-refractivity contribution in [1.29, 1.82) is 0 Å². The van der Waals surface area contributed by atoms with Crippen LogP contribution in [0.1, 0.15) is 131 Å². The highest BCUT2D eigenvalue weighted by atomic mass is 16.3. The minimum atomic E-state index is -2.26. The van der Waals surface area contributed by atoms with E-state index in [9.17, 15) is 0 Å². The SMILES string of the molecule is [2H]C([2H])([2H])c1ccc2c3c(oc2c1)B1c2cc4c(cc2N(c2c(C)cc(C(C)(C)C)cc2C)c2cc(C)cc(c21)N3c1ccc(C(C)(C)C)cc1)C(C)(C)CCC4(C)C. The Bertz CT molecular complexity index is 2700. The maximum Gasteiger partial charge on any atom is 0.297 e. The molecule has 0 bridgehead atoms. The minimum Gasteiger partial charge on any atom is -0.468 e. The molecule has 5 aromatic carbocycles. The third-order valence-electron chi connectivity index (χ3n) is 13.4. The first-order valence-electron chi connectivity index (χ1n) is 22.1. The summed E-state index contributed by atoms with van der Waals surface area (Å²) in [4.78, 5) is 4.97. The van der Waals surface area contributed by atoms with Crippen LogP contribution in [0.25, 0.3) is 11.0 Å². The third kappa shape index (κ3) is 5.45. The van der Waals surface area contributed by atoms with Crippen molar-refractivity contribution in [3.8, 4) is 0 Å². The van der Waals surface area contributed by atoms with Gasteiger partial charge < -0.3 is 14.2 Å². The summed E-state index contributed by atoms with van der Waals surface area (Å²) in [6.07, 6.45) is 2.23. The molecule has 3 heterocycles. The van der Waals surface area contributed by atoms with E-state index >= 15 is 0 Å². The Hall–Kier alpha value is -4.70. The summed E-state index contributed by atoms with van der Waals surface area (Å²) in [6, 6.07) is 29.0. The van der Waals surface area contributed by atoms with Crippen LogP contribution < -0.4 is 26.4 Å². The molecule has 0 N–H and O–H groups in total. The molecule has 0 saturated heterocycles. The molecule has 1 aliphatic carbocycles. The van der Waals surface area contributed by atoms with Gasteiger partial charge in [-0.2, -0.15) is 0 Å². The van der Waals surface area contributed by atoms with Crippen LogP contribution in [0.2, 0.25) is 0 Å². The number of hydrogen-bond acceptors (Lipinski definition) is 3. The predicted octanol–water partition coefficient (Wildman–Crippen LogP) is 12.7. The smallest absolute Gasteiger partial charge is 0.297 e. The Balaban J connectivity index is 1.43. The second kappa shape index (κ2) is 11.9. The highest BCUT2D eigenvalue weighted by Crippen LogP contribution is 2.52. The molecule has 9 rings (SSSR count). The molecule has 286 valence electrons. The van der Waals surface area contributed by atoms with Crippen LogP contribution in [0.3, 0.4) is 0 Å². The molecule has 0 saturated carbocycles. The third-order valence-corrected chi connectivity index (χ3v) is 13.4. The fourth-order valence-corrected chi connectivity index (χ4v) is 10.0. The van der Waals surface area contributed by atoms with Crippen LogP contribution in [0, 0.1) is 27.6 Å². The number of nitrogens with zero attached hydrogens (tertiary/aromatic N) is 2. The fraction of sp³-hybridized carbons (Fsp3) is 0.385. The molecule has 56 heavy (non-hydrogen) atoms. The van der Waals surface area contributed by atoms with Crippen LogP contribution in [0.4, 0.5) is 34.1 Å². The number of rotatable bonds is 2. The normalized spacial score (nSPS) is 17.8. The molecular weight excluding hydrogens is 679 g/mol. The van der Waals surface area contributed by atoms with Crippen molar-refractivity contribution in [3.63, 3.8) is 0 Å². The second-order valence-corrected chi connectivity index (χ2v) is 20.6. The first kappa shape index (κ1) is 33.4. The van der Waals surface area contributed by atoms with Crippen LogP contribution in [0.5, 0.6) is 0 Å². The summed E-state index contributed by atoms with van der Waals surface area (Å²) in [5.74, 6) is 0. The molecule has 3 nitrogen and oxygen atoms in total. The van der Waals surface area contributed by atoms with Gasteiger partial charge in [-0.1, -0.05) is 106 Å². The van der Waals surface area contributed by atoms with E-state index in [4.69, 9.17) is 8.53 Å². The van der Waals surface area contributed by atoms with Gasteiger partial charge in [0.2, 0.25) is 0 Å². The molecule has 0 amide bonds.